The average Bonchev–Trinajstić information content (AvgIpc) is 2.31. The zero-order valence-electron chi connectivity index (χ0n) is 9.38. The van der Waals surface area contributed by atoms with Gasteiger partial charge in [0.15, 0.2) is 0 Å². The molecule has 1 aliphatic heterocycles. The number of nitrogens with one attached hydrogen (secondary N) is 1. The van der Waals surface area contributed by atoms with Crippen molar-refractivity contribution >= 4 is 17.6 Å². The standard InChI is InChI=1S/C11H17ClN2O/c1-8(2)10-9(3)4-6-14(7-5-12)11(15)13-10/h4,6,8H,5,7H2,1-3H3,(H,13,15). The molecule has 1 N–H and O–H groups in total. The van der Waals surface area contributed by atoms with Gasteiger partial charge in [0.1, 0.15) is 0 Å². The predicted molar refractivity (Wildman–Crippen MR) is 62.6 cm³/mol. The summed E-state index contributed by atoms with van der Waals surface area (Å²) < 4.78 is 0. The normalized spacial score (nSPS) is 17.1. The van der Waals surface area contributed by atoms with Crippen molar-refractivity contribution in [2.24, 2.45) is 5.92 Å². The van der Waals surface area contributed by atoms with E-state index in [1.165, 1.54) is 0 Å². The van der Waals surface area contributed by atoms with Crippen molar-refractivity contribution in [1.82, 2.24) is 10.2 Å². The summed E-state index contributed by atoms with van der Waals surface area (Å²) in [6.45, 7) is 6.65. The maximum atomic E-state index is 11.7. The van der Waals surface area contributed by atoms with E-state index in [2.05, 4.69) is 19.2 Å². The topological polar surface area (TPSA) is 32.3 Å². The molecule has 0 fully saturated rings. The van der Waals surface area contributed by atoms with Gasteiger partial charge in [0.25, 0.3) is 0 Å². The molecule has 0 aromatic heterocycles. The maximum Gasteiger partial charge on any atom is 0.325 e. The molecule has 0 saturated carbocycles. The molecule has 0 radical (unpaired) electrons. The fourth-order valence-corrected chi connectivity index (χ4v) is 1.69. The molecule has 2 amide bonds. The molecule has 0 aromatic rings. The zero-order valence-corrected chi connectivity index (χ0v) is 10.1. The van der Waals surface area contributed by atoms with E-state index < -0.39 is 0 Å². The molecule has 0 saturated heterocycles. The Morgan fingerprint density at radius 2 is 2.20 bits per heavy atom. The molecule has 4 heteroatoms. The van der Waals surface area contributed by atoms with E-state index in [1.807, 2.05) is 13.0 Å². The van der Waals surface area contributed by atoms with Gasteiger partial charge in [-0.2, -0.15) is 0 Å². The first-order chi connectivity index (χ1) is 7.06. The second-order valence-electron chi connectivity index (χ2n) is 3.88. The van der Waals surface area contributed by atoms with E-state index in [-0.39, 0.29) is 6.03 Å². The summed E-state index contributed by atoms with van der Waals surface area (Å²) >= 11 is 5.62. The lowest BCUT2D eigenvalue weighted by Crippen LogP contribution is -2.37. The van der Waals surface area contributed by atoms with Gasteiger partial charge in [0.05, 0.1) is 0 Å². The van der Waals surface area contributed by atoms with Crippen LogP contribution in [0.15, 0.2) is 23.5 Å². The number of carbonyl (C=O) groups is 1. The Hall–Kier alpha value is -0.960. The van der Waals surface area contributed by atoms with E-state index >= 15 is 0 Å². The highest BCUT2D eigenvalue weighted by atomic mass is 35.5. The van der Waals surface area contributed by atoms with Crippen LogP contribution in [0.2, 0.25) is 0 Å². The largest absolute Gasteiger partial charge is 0.325 e. The summed E-state index contributed by atoms with van der Waals surface area (Å²) in [5.41, 5.74) is 2.07. The lowest BCUT2D eigenvalue weighted by Gasteiger charge is -2.18. The van der Waals surface area contributed by atoms with Crippen LogP contribution in [-0.2, 0) is 0 Å². The SMILES string of the molecule is CC1=C(C(C)C)NC(=O)N(CCCl)C=C1. The minimum absolute atomic E-state index is 0.104. The summed E-state index contributed by atoms with van der Waals surface area (Å²) in [6, 6.07) is -0.104. The first-order valence-electron chi connectivity index (χ1n) is 5.08. The van der Waals surface area contributed by atoms with Gasteiger partial charge >= 0.3 is 6.03 Å². The summed E-state index contributed by atoms with van der Waals surface area (Å²) in [5.74, 6) is 0.753. The predicted octanol–water partition coefficient (Wildman–Crippen LogP) is 2.69. The number of rotatable bonds is 3. The molecule has 0 unspecified atom stereocenters. The van der Waals surface area contributed by atoms with Gasteiger partial charge in [0.2, 0.25) is 0 Å². The molecule has 0 spiro atoms. The second kappa shape index (κ2) is 5.21. The number of urea groups is 1. The van der Waals surface area contributed by atoms with E-state index in [4.69, 9.17) is 11.6 Å². The van der Waals surface area contributed by atoms with Gasteiger partial charge in [-0.3, -0.25) is 4.90 Å². The molecular weight excluding hydrogens is 212 g/mol. The highest BCUT2D eigenvalue weighted by Gasteiger charge is 2.17. The highest BCUT2D eigenvalue weighted by Crippen LogP contribution is 2.16. The number of amides is 2. The summed E-state index contributed by atoms with van der Waals surface area (Å²) in [6.07, 6.45) is 3.72. The van der Waals surface area contributed by atoms with Crippen LogP contribution in [0.5, 0.6) is 0 Å². The number of carbonyl (C=O) groups excluding carboxylic acids is 1. The minimum Gasteiger partial charge on any atom is -0.311 e. The molecule has 0 aromatic carbocycles. The minimum atomic E-state index is -0.104. The van der Waals surface area contributed by atoms with Gasteiger partial charge in [-0.15, -0.1) is 11.6 Å². The smallest absolute Gasteiger partial charge is 0.311 e. The number of hydrogen-bond donors (Lipinski definition) is 1. The van der Waals surface area contributed by atoms with Crippen LogP contribution in [0.3, 0.4) is 0 Å². The fourth-order valence-electron chi connectivity index (χ4n) is 1.51. The number of halogens is 1. The summed E-state index contributed by atoms with van der Waals surface area (Å²) in [4.78, 5) is 13.3. The van der Waals surface area contributed by atoms with Gasteiger partial charge in [-0.25, -0.2) is 4.79 Å². The Balaban J connectivity index is 2.86. The quantitative estimate of drug-likeness (QED) is 0.741. The van der Waals surface area contributed by atoms with Crippen molar-refractivity contribution in [3.05, 3.63) is 23.5 Å². The van der Waals surface area contributed by atoms with E-state index in [0.717, 1.165) is 11.3 Å². The van der Waals surface area contributed by atoms with Gasteiger partial charge in [0, 0.05) is 24.3 Å². The summed E-state index contributed by atoms with van der Waals surface area (Å²) in [5, 5.41) is 2.91. The maximum absolute atomic E-state index is 11.7. The van der Waals surface area contributed by atoms with Crippen LogP contribution in [-0.4, -0.2) is 23.4 Å². The first kappa shape index (κ1) is 12.1. The average molecular weight is 229 g/mol. The lowest BCUT2D eigenvalue weighted by atomic mass is 10.1. The van der Waals surface area contributed by atoms with Crippen molar-refractivity contribution in [3.63, 3.8) is 0 Å². The van der Waals surface area contributed by atoms with Crippen LogP contribution in [0, 0.1) is 5.92 Å². The third-order valence-electron chi connectivity index (χ3n) is 2.33. The van der Waals surface area contributed by atoms with Crippen LogP contribution >= 0.6 is 11.6 Å². The van der Waals surface area contributed by atoms with Crippen molar-refractivity contribution in [1.29, 1.82) is 0 Å². The van der Waals surface area contributed by atoms with Gasteiger partial charge in [-0.1, -0.05) is 13.8 Å². The molecule has 0 aliphatic carbocycles. The van der Waals surface area contributed by atoms with E-state index in [1.54, 1.807) is 11.1 Å². The molecule has 15 heavy (non-hydrogen) atoms. The molecule has 84 valence electrons. The third kappa shape index (κ3) is 2.99. The number of hydrogen-bond acceptors (Lipinski definition) is 1. The molecule has 1 aliphatic rings. The van der Waals surface area contributed by atoms with E-state index in [9.17, 15) is 4.79 Å². The number of alkyl halides is 1. The van der Waals surface area contributed by atoms with Crippen molar-refractivity contribution < 1.29 is 4.79 Å². The fraction of sp³-hybridized carbons (Fsp3) is 0.545. The molecule has 0 atom stereocenters. The lowest BCUT2D eigenvalue weighted by molar-refractivity contribution is 0.219. The first-order valence-corrected chi connectivity index (χ1v) is 5.62. The van der Waals surface area contributed by atoms with Crippen molar-refractivity contribution in [2.75, 3.05) is 12.4 Å². The van der Waals surface area contributed by atoms with Crippen LogP contribution in [0.1, 0.15) is 20.8 Å². The highest BCUT2D eigenvalue weighted by molar-refractivity contribution is 6.18. The summed E-state index contributed by atoms with van der Waals surface area (Å²) in [7, 11) is 0. The van der Waals surface area contributed by atoms with Gasteiger partial charge in [-0.05, 0) is 24.5 Å². The molecule has 1 rings (SSSR count). The Kier molecular flexibility index (Phi) is 4.21. The Bertz CT molecular complexity index is 308. The second-order valence-corrected chi connectivity index (χ2v) is 4.26. The van der Waals surface area contributed by atoms with Crippen LogP contribution in [0.25, 0.3) is 0 Å². The van der Waals surface area contributed by atoms with Crippen LogP contribution in [0.4, 0.5) is 4.79 Å². The van der Waals surface area contributed by atoms with Gasteiger partial charge < -0.3 is 5.32 Å². The van der Waals surface area contributed by atoms with E-state index in [0.29, 0.717) is 18.3 Å². The zero-order chi connectivity index (χ0) is 11.4. The molecule has 1 heterocycles. The van der Waals surface area contributed by atoms with Crippen LogP contribution < -0.4 is 5.32 Å². The van der Waals surface area contributed by atoms with Crippen molar-refractivity contribution in [2.45, 2.75) is 20.8 Å². The Morgan fingerprint density at radius 3 is 2.73 bits per heavy atom. The number of allylic oxidation sites excluding steroid dienone is 3. The molecule has 3 nitrogen and oxygen atoms in total. The third-order valence-corrected chi connectivity index (χ3v) is 2.50. The number of nitrogens with zero attached hydrogens (tertiary/aromatic N) is 1. The monoisotopic (exact) mass is 228 g/mol. The molecule has 0 bridgehead atoms. The van der Waals surface area contributed by atoms with Crippen molar-refractivity contribution in [3.8, 4) is 0 Å². The molecular formula is C11H17ClN2O. The Morgan fingerprint density at radius 1 is 1.53 bits per heavy atom. The Labute approximate surface area is 95.8 Å².